The lowest BCUT2D eigenvalue weighted by molar-refractivity contribution is 0.0657. The predicted molar refractivity (Wildman–Crippen MR) is 94.8 cm³/mol. The zero-order valence-electron chi connectivity index (χ0n) is 14.8. The third kappa shape index (κ3) is 3.35. The van der Waals surface area contributed by atoms with Gasteiger partial charge in [0.15, 0.2) is 0 Å². The zero-order valence-corrected chi connectivity index (χ0v) is 14.8. The van der Waals surface area contributed by atoms with Crippen LogP contribution in [-0.2, 0) is 15.9 Å². The first-order valence-electron chi connectivity index (χ1n) is 9.57. The van der Waals surface area contributed by atoms with Crippen molar-refractivity contribution in [2.24, 2.45) is 0 Å². The van der Waals surface area contributed by atoms with E-state index in [4.69, 9.17) is 9.47 Å². The Bertz CT molecular complexity index is 574. The van der Waals surface area contributed by atoms with Gasteiger partial charge in [-0.15, -0.1) is 0 Å². The summed E-state index contributed by atoms with van der Waals surface area (Å²) in [4.78, 5) is 10.1. The molecule has 1 aromatic carbocycles. The fraction of sp³-hybridized carbons (Fsp3) is 0.684. The van der Waals surface area contributed by atoms with Gasteiger partial charge in [-0.2, -0.15) is 0 Å². The van der Waals surface area contributed by atoms with Gasteiger partial charge in [0.1, 0.15) is 12.5 Å². The van der Waals surface area contributed by atoms with Gasteiger partial charge in [-0.25, -0.2) is 0 Å². The van der Waals surface area contributed by atoms with E-state index >= 15 is 0 Å². The van der Waals surface area contributed by atoms with Gasteiger partial charge in [0.25, 0.3) is 0 Å². The third-order valence-corrected chi connectivity index (χ3v) is 6.04. The van der Waals surface area contributed by atoms with Crippen molar-refractivity contribution in [2.75, 3.05) is 59.3 Å². The van der Waals surface area contributed by atoms with Gasteiger partial charge in [-0.1, -0.05) is 30.3 Å². The second kappa shape index (κ2) is 6.95. The van der Waals surface area contributed by atoms with E-state index < -0.39 is 0 Å². The summed E-state index contributed by atoms with van der Waals surface area (Å²) in [5, 5.41) is 0. The summed E-state index contributed by atoms with van der Waals surface area (Å²) in [7, 11) is 0. The molecule has 0 amide bonds. The van der Waals surface area contributed by atoms with Gasteiger partial charge in [-0.05, 0) is 12.0 Å². The summed E-state index contributed by atoms with van der Waals surface area (Å²) in [6.45, 7) is 9.33. The van der Waals surface area contributed by atoms with Crippen molar-refractivity contribution in [1.29, 1.82) is 0 Å². The van der Waals surface area contributed by atoms with Crippen LogP contribution in [0.15, 0.2) is 30.3 Å². The Morgan fingerprint density at radius 3 is 2.56 bits per heavy atom. The first kappa shape index (κ1) is 16.2. The minimum absolute atomic E-state index is 0.291. The van der Waals surface area contributed by atoms with Crippen LogP contribution in [0.4, 0.5) is 0 Å². The molecule has 2 unspecified atom stereocenters. The Kier molecular flexibility index (Phi) is 4.49. The molecule has 0 radical (unpaired) electrons. The maximum Gasteiger partial charge on any atom is 0.124 e. The SMILES string of the molecule is c1ccc(C[C@H]2COC3CN(CCN4CC5OCCN5C4)CN32)cc1. The molecule has 1 aromatic rings. The van der Waals surface area contributed by atoms with Gasteiger partial charge < -0.3 is 9.47 Å². The molecule has 6 heteroatoms. The number of hydrogen-bond acceptors (Lipinski definition) is 6. The predicted octanol–water partition coefficient (Wildman–Crippen LogP) is 0.461. The molecule has 0 aliphatic carbocycles. The fourth-order valence-electron chi connectivity index (χ4n) is 4.61. The van der Waals surface area contributed by atoms with Crippen molar-refractivity contribution in [1.82, 2.24) is 19.6 Å². The molecule has 4 saturated heterocycles. The molecular formula is C19H28N4O2. The average molecular weight is 344 g/mol. The van der Waals surface area contributed by atoms with Crippen molar-refractivity contribution >= 4 is 0 Å². The monoisotopic (exact) mass is 344 g/mol. The summed E-state index contributed by atoms with van der Waals surface area (Å²) in [6.07, 6.45) is 1.73. The lowest BCUT2D eigenvalue weighted by Gasteiger charge is -2.24. The lowest BCUT2D eigenvalue weighted by atomic mass is 10.1. The third-order valence-electron chi connectivity index (χ3n) is 6.04. The largest absolute Gasteiger partial charge is 0.360 e. The lowest BCUT2D eigenvalue weighted by Crippen LogP contribution is -2.38. The summed E-state index contributed by atoms with van der Waals surface area (Å²) in [5.41, 5.74) is 1.41. The van der Waals surface area contributed by atoms with E-state index in [0.717, 1.165) is 65.7 Å². The second-order valence-electron chi connectivity index (χ2n) is 7.72. The highest BCUT2D eigenvalue weighted by atomic mass is 16.5. The first-order valence-corrected chi connectivity index (χ1v) is 9.57. The standard InChI is InChI=1S/C19H28N4O2/c1-2-4-16(5-3-1)10-17-13-25-19-12-21(15-23(17)19)7-6-20-11-18-22(14-20)8-9-24-18/h1-5,17-19H,6-15H2/t17-,18?,19?/m0/s1. The van der Waals surface area contributed by atoms with E-state index in [1.807, 2.05) is 0 Å². The van der Waals surface area contributed by atoms with Gasteiger partial charge in [-0.3, -0.25) is 19.6 Å². The van der Waals surface area contributed by atoms with Crippen LogP contribution in [-0.4, -0.2) is 97.4 Å². The van der Waals surface area contributed by atoms with E-state index in [1.165, 1.54) is 5.56 Å². The molecule has 25 heavy (non-hydrogen) atoms. The van der Waals surface area contributed by atoms with Gasteiger partial charge in [0.05, 0.1) is 26.6 Å². The van der Waals surface area contributed by atoms with E-state index in [-0.39, 0.29) is 0 Å². The Morgan fingerprint density at radius 2 is 1.72 bits per heavy atom. The van der Waals surface area contributed by atoms with Crippen molar-refractivity contribution in [3.63, 3.8) is 0 Å². The van der Waals surface area contributed by atoms with Crippen molar-refractivity contribution in [3.8, 4) is 0 Å². The fourth-order valence-corrected chi connectivity index (χ4v) is 4.61. The molecule has 4 heterocycles. The maximum atomic E-state index is 6.07. The van der Waals surface area contributed by atoms with Crippen LogP contribution >= 0.6 is 0 Å². The highest BCUT2D eigenvalue weighted by molar-refractivity contribution is 5.16. The molecule has 4 aliphatic heterocycles. The minimum Gasteiger partial charge on any atom is -0.360 e. The summed E-state index contributed by atoms with van der Waals surface area (Å²) >= 11 is 0. The van der Waals surface area contributed by atoms with Crippen molar-refractivity contribution < 1.29 is 9.47 Å². The topological polar surface area (TPSA) is 31.4 Å². The van der Waals surface area contributed by atoms with Crippen molar-refractivity contribution in [3.05, 3.63) is 35.9 Å². The van der Waals surface area contributed by atoms with E-state index in [1.54, 1.807) is 0 Å². The number of benzene rings is 1. The summed E-state index contributed by atoms with van der Waals surface area (Å²) in [5.74, 6) is 0. The Morgan fingerprint density at radius 1 is 0.920 bits per heavy atom. The summed E-state index contributed by atoms with van der Waals surface area (Å²) < 4.78 is 11.8. The van der Waals surface area contributed by atoms with E-state index in [9.17, 15) is 0 Å². The minimum atomic E-state index is 0.291. The molecule has 0 bridgehead atoms. The highest BCUT2D eigenvalue weighted by Gasteiger charge is 2.41. The molecule has 0 saturated carbocycles. The second-order valence-corrected chi connectivity index (χ2v) is 7.72. The van der Waals surface area contributed by atoms with Crippen LogP contribution in [0.2, 0.25) is 0 Å². The number of rotatable bonds is 5. The number of nitrogens with zero attached hydrogens (tertiary/aromatic N) is 4. The van der Waals surface area contributed by atoms with E-state index in [0.29, 0.717) is 18.5 Å². The van der Waals surface area contributed by atoms with Crippen LogP contribution in [0, 0.1) is 0 Å². The first-order chi connectivity index (χ1) is 12.3. The molecule has 3 atom stereocenters. The average Bonchev–Trinajstić information content (AvgIpc) is 3.35. The molecule has 6 nitrogen and oxygen atoms in total. The van der Waals surface area contributed by atoms with Crippen LogP contribution in [0.25, 0.3) is 0 Å². The normalized spacial score (nSPS) is 34.0. The molecule has 4 aliphatic rings. The Labute approximate surface area is 149 Å². The maximum absolute atomic E-state index is 6.07. The molecule has 0 aromatic heterocycles. The summed E-state index contributed by atoms with van der Waals surface area (Å²) in [6, 6.07) is 11.3. The van der Waals surface area contributed by atoms with Gasteiger partial charge >= 0.3 is 0 Å². The number of fused-ring (bicyclic) bond motifs is 2. The van der Waals surface area contributed by atoms with Crippen molar-refractivity contribution in [2.45, 2.75) is 24.9 Å². The van der Waals surface area contributed by atoms with Gasteiger partial charge in [0.2, 0.25) is 0 Å². The quantitative estimate of drug-likeness (QED) is 0.772. The highest BCUT2D eigenvalue weighted by Crippen LogP contribution is 2.26. The Balaban J connectivity index is 1.11. The molecule has 0 spiro atoms. The molecular weight excluding hydrogens is 316 g/mol. The smallest absolute Gasteiger partial charge is 0.124 e. The van der Waals surface area contributed by atoms with Crippen LogP contribution in [0.1, 0.15) is 5.56 Å². The Hall–Kier alpha value is -1.02. The van der Waals surface area contributed by atoms with Crippen LogP contribution in [0.3, 0.4) is 0 Å². The van der Waals surface area contributed by atoms with Gasteiger partial charge in [0, 0.05) is 38.8 Å². The number of ether oxygens (including phenoxy) is 2. The molecule has 136 valence electrons. The van der Waals surface area contributed by atoms with Crippen LogP contribution in [0.5, 0.6) is 0 Å². The molecule has 5 rings (SSSR count). The zero-order chi connectivity index (χ0) is 16.6. The molecule has 0 N–H and O–H groups in total. The van der Waals surface area contributed by atoms with Crippen LogP contribution < -0.4 is 0 Å². The van der Waals surface area contributed by atoms with E-state index in [2.05, 4.69) is 49.9 Å². The molecule has 4 fully saturated rings. The number of hydrogen-bond donors (Lipinski definition) is 0.